The summed E-state index contributed by atoms with van der Waals surface area (Å²) >= 11 is 1.46. The summed E-state index contributed by atoms with van der Waals surface area (Å²) in [6.45, 7) is 6.57. The van der Waals surface area contributed by atoms with Crippen LogP contribution in [0.25, 0.3) is 0 Å². The van der Waals surface area contributed by atoms with Crippen LogP contribution in [0.1, 0.15) is 27.2 Å². The molecule has 1 amide bonds. The summed E-state index contributed by atoms with van der Waals surface area (Å²) in [4.78, 5) is 17.8. The molecule has 7 nitrogen and oxygen atoms in total. The molecule has 0 spiro atoms. The van der Waals surface area contributed by atoms with Gasteiger partial charge in [0.25, 0.3) is 0 Å². The van der Waals surface area contributed by atoms with Crippen molar-refractivity contribution in [3.05, 3.63) is 12.1 Å². The second kappa shape index (κ2) is 7.27. The highest BCUT2D eigenvalue weighted by Crippen LogP contribution is 2.35. The molecule has 1 aliphatic heterocycles. The van der Waals surface area contributed by atoms with Crippen molar-refractivity contribution in [3.8, 4) is 5.88 Å². The van der Waals surface area contributed by atoms with E-state index in [2.05, 4.69) is 10.3 Å². The molecular formula is C15H24N4O3S. The Morgan fingerprint density at radius 3 is 2.91 bits per heavy atom. The molecule has 0 radical (unpaired) electrons. The quantitative estimate of drug-likeness (QED) is 0.796. The lowest BCUT2D eigenvalue weighted by molar-refractivity contribution is 0.0292. The number of anilines is 1. The number of nitrogens with zero attached hydrogens (tertiary/aromatic N) is 2. The fraction of sp³-hybridized carbons (Fsp3) is 0.600. The highest BCUT2D eigenvalue weighted by Gasteiger charge is 2.20. The maximum atomic E-state index is 11.8. The molecule has 1 atom stereocenters. The monoisotopic (exact) mass is 340 g/mol. The van der Waals surface area contributed by atoms with Crippen molar-refractivity contribution in [1.82, 2.24) is 9.88 Å². The van der Waals surface area contributed by atoms with Crippen LogP contribution < -0.4 is 15.8 Å². The summed E-state index contributed by atoms with van der Waals surface area (Å²) in [7, 11) is 1.71. The van der Waals surface area contributed by atoms with E-state index in [1.165, 1.54) is 11.8 Å². The minimum absolute atomic E-state index is 0.157. The number of fused-ring (bicyclic) bond motifs is 1. The zero-order chi connectivity index (χ0) is 17.0. The standard InChI is InChI=1S/C15H24N4O3S/c1-15(2,3)22-14(20)19(4)8-5-9-21-11-7-6-10-12(18-11)23-13(16)17-10/h6-7,13,17H,5,8-9,16H2,1-4H3. The van der Waals surface area contributed by atoms with Crippen LogP contribution in [0.5, 0.6) is 5.88 Å². The number of ether oxygens (including phenoxy) is 2. The lowest BCUT2D eigenvalue weighted by atomic mass is 10.2. The Labute approximate surface area is 140 Å². The molecule has 0 fully saturated rings. The first-order valence-electron chi connectivity index (χ1n) is 7.51. The Kier molecular flexibility index (Phi) is 5.59. The molecule has 1 aromatic heterocycles. The Balaban J connectivity index is 1.72. The summed E-state index contributed by atoms with van der Waals surface area (Å²) in [6.07, 6.45) is 0.365. The average Bonchev–Trinajstić information content (AvgIpc) is 2.80. The number of hydrogen-bond donors (Lipinski definition) is 2. The maximum Gasteiger partial charge on any atom is 0.410 e. The van der Waals surface area contributed by atoms with Crippen LogP contribution >= 0.6 is 11.8 Å². The fourth-order valence-electron chi connectivity index (χ4n) is 1.92. The molecule has 0 aliphatic carbocycles. The Hall–Kier alpha value is -1.67. The van der Waals surface area contributed by atoms with Gasteiger partial charge < -0.3 is 25.4 Å². The lowest BCUT2D eigenvalue weighted by Crippen LogP contribution is -2.35. The van der Waals surface area contributed by atoms with Crippen LogP contribution in [-0.2, 0) is 4.74 Å². The van der Waals surface area contributed by atoms with E-state index in [1.54, 1.807) is 11.9 Å². The number of nitrogens with one attached hydrogen (secondary N) is 1. The fourth-order valence-corrected chi connectivity index (χ4v) is 2.74. The number of nitrogens with two attached hydrogens (primary N) is 1. The van der Waals surface area contributed by atoms with Crippen molar-refractivity contribution >= 4 is 23.5 Å². The molecule has 0 aromatic carbocycles. The number of hydrogen-bond acceptors (Lipinski definition) is 7. The highest BCUT2D eigenvalue weighted by atomic mass is 32.2. The summed E-state index contributed by atoms with van der Waals surface area (Å²) < 4.78 is 10.9. The van der Waals surface area contributed by atoms with E-state index in [0.717, 1.165) is 10.7 Å². The lowest BCUT2D eigenvalue weighted by Gasteiger charge is -2.24. The van der Waals surface area contributed by atoms with Crippen molar-refractivity contribution in [2.75, 3.05) is 25.5 Å². The van der Waals surface area contributed by atoms with E-state index in [1.807, 2.05) is 32.9 Å². The Morgan fingerprint density at radius 2 is 2.22 bits per heavy atom. The number of amides is 1. The zero-order valence-electron chi connectivity index (χ0n) is 14.0. The van der Waals surface area contributed by atoms with Gasteiger partial charge in [0.05, 0.1) is 12.3 Å². The summed E-state index contributed by atoms with van der Waals surface area (Å²) in [6, 6.07) is 3.71. The van der Waals surface area contributed by atoms with Crippen molar-refractivity contribution < 1.29 is 14.3 Å². The molecule has 128 valence electrons. The third-order valence-corrected chi connectivity index (χ3v) is 3.87. The van der Waals surface area contributed by atoms with Crippen LogP contribution in [0.4, 0.5) is 10.5 Å². The van der Waals surface area contributed by atoms with Gasteiger partial charge in [-0.25, -0.2) is 9.78 Å². The molecule has 1 aliphatic rings. The predicted molar refractivity (Wildman–Crippen MR) is 90.7 cm³/mol. The van der Waals surface area contributed by atoms with Crippen molar-refractivity contribution in [2.45, 2.75) is 43.3 Å². The second-order valence-electron chi connectivity index (χ2n) is 6.29. The van der Waals surface area contributed by atoms with Gasteiger partial charge in [-0.05, 0) is 33.3 Å². The number of carbonyl (C=O) groups is 1. The van der Waals surface area contributed by atoms with E-state index in [-0.39, 0.29) is 11.6 Å². The van der Waals surface area contributed by atoms with Gasteiger partial charge in [0.2, 0.25) is 5.88 Å². The molecule has 0 saturated heterocycles. The number of pyridine rings is 1. The minimum atomic E-state index is -0.483. The van der Waals surface area contributed by atoms with Gasteiger partial charge in [-0.1, -0.05) is 11.8 Å². The number of rotatable bonds is 5. The van der Waals surface area contributed by atoms with E-state index >= 15 is 0 Å². The third-order valence-electron chi connectivity index (χ3n) is 2.96. The summed E-state index contributed by atoms with van der Waals surface area (Å²) in [5.74, 6) is 0.562. The average molecular weight is 340 g/mol. The molecule has 3 N–H and O–H groups in total. The van der Waals surface area contributed by atoms with E-state index in [4.69, 9.17) is 15.2 Å². The normalized spacial score (nSPS) is 16.5. The first kappa shape index (κ1) is 17.7. The van der Waals surface area contributed by atoms with Crippen LogP contribution in [0.15, 0.2) is 17.2 Å². The molecule has 1 unspecified atom stereocenters. The third kappa shape index (κ3) is 5.47. The van der Waals surface area contributed by atoms with Crippen molar-refractivity contribution in [3.63, 3.8) is 0 Å². The first-order chi connectivity index (χ1) is 10.7. The zero-order valence-corrected chi connectivity index (χ0v) is 14.8. The summed E-state index contributed by atoms with van der Waals surface area (Å²) in [5.41, 5.74) is 6.07. The molecule has 23 heavy (non-hydrogen) atoms. The van der Waals surface area contributed by atoms with Crippen molar-refractivity contribution in [2.24, 2.45) is 5.73 Å². The van der Waals surface area contributed by atoms with Gasteiger partial charge in [-0.2, -0.15) is 0 Å². The Morgan fingerprint density at radius 1 is 1.48 bits per heavy atom. The largest absolute Gasteiger partial charge is 0.478 e. The second-order valence-corrected chi connectivity index (χ2v) is 7.42. The Bertz CT molecular complexity index is 562. The minimum Gasteiger partial charge on any atom is -0.478 e. The van der Waals surface area contributed by atoms with Crippen molar-refractivity contribution in [1.29, 1.82) is 0 Å². The van der Waals surface area contributed by atoms with Crippen LogP contribution in [0.2, 0.25) is 0 Å². The van der Waals surface area contributed by atoms with E-state index < -0.39 is 5.60 Å². The highest BCUT2D eigenvalue weighted by molar-refractivity contribution is 8.00. The van der Waals surface area contributed by atoms with Gasteiger partial charge in [0.15, 0.2) is 0 Å². The molecule has 2 heterocycles. The van der Waals surface area contributed by atoms with Gasteiger partial charge in [0.1, 0.15) is 16.1 Å². The van der Waals surface area contributed by atoms with Gasteiger partial charge >= 0.3 is 6.09 Å². The maximum absolute atomic E-state index is 11.8. The SMILES string of the molecule is CN(CCCOc1ccc2c(n1)SC(N)N2)C(=O)OC(C)(C)C. The van der Waals surface area contributed by atoms with Crippen LogP contribution in [0, 0.1) is 0 Å². The topological polar surface area (TPSA) is 89.7 Å². The van der Waals surface area contributed by atoms with Crippen LogP contribution in [0.3, 0.4) is 0 Å². The molecule has 1 aromatic rings. The van der Waals surface area contributed by atoms with E-state index in [9.17, 15) is 4.79 Å². The number of carbonyl (C=O) groups excluding carboxylic acids is 1. The van der Waals surface area contributed by atoms with Crippen LogP contribution in [-0.4, -0.2) is 47.3 Å². The number of aromatic nitrogens is 1. The predicted octanol–water partition coefficient (Wildman–Crippen LogP) is 2.48. The molecule has 8 heteroatoms. The molecular weight excluding hydrogens is 316 g/mol. The first-order valence-corrected chi connectivity index (χ1v) is 8.39. The van der Waals surface area contributed by atoms with Gasteiger partial charge in [-0.15, -0.1) is 0 Å². The molecule has 0 saturated carbocycles. The molecule has 0 bridgehead atoms. The number of thioether (sulfide) groups is 1. The van der Waals surface area contributed by atoms with E-state index in [0.29, 0.717) is 25.5 Å². The van der Waals surface area contributed by atoms with Gasteiger partial charge in [-0.3, -0.25) is 0 Å². The molecule has 2 rings (SSSR count). The summed E-state index contributed by atoms with van der Waals surface area (Å²) in [5, 5.41) is 3.95. The smallest absolute Gasteiger partial charge is 0.410 e. The van der Waals surface area contributed by atoms with Gasteiger partial charge in [0, 0.05) is 19.7 Å².